The van der Waals surface area contributed by atoms with Gasteiger partial charge in [0.2, 0.25) is 10.0 Å². The average molecular weight is 403 g/mol. The first kappa shape index (κ1) is 20.6. The highest BCUT2D eigenvalue weighted by Crippen LogP contribution is 2.32. The molecule has 0 unspecified atom stereocenters. The second kappa shape index (κ2) is 8.80. The normalized spacial score (nSPS) is 16.4. The van der Waals surface area contributed by atoms with E-state index >= 15 is 0 Å². The second-order valence-corrected chi connectivity index (χ2v) is 8.64. The molecule has 0 saturated carbocycles. The van der Waals surface area contributed by atoms with E-state index in [1.807, 2.05) is 11.9 Å². The van der Waals surface area contributed by atoms with Gasteiger partial charge in [0.15, 0.2) is 0 Å². The van der Waals surface area contributed by atoms with Crippen LogP contribution < -0.4 is 0 Å². The van der Waals surface area contributed by atoms with Crippen LogP contribution in [-0.2, 0) is 19.6 Å². The number of carbonyl (C=O) groups excluding carboxylic acids is 1. The van der Waals surface area contributed by atoms with Gasteiger partial charge in [0.05, 0.1) is 27.1 Å². The summed E-state index contributed by atoms with van der Waals surface area (Å²) in [5, 5.41) is 11.4. The fourth-order valence-corrected chi connectivity index (χ4v) is 4.68. The molecule has 0 bridgehead atoms. The summed E-state index contributed by atoms with van der Waals surface area (Å²) in [5.41, 5.74) is -0.338. The Balaban J connectivity index is 2.24. The Bertz CT molecular complexity index is 776. The second-order valence-electron chi connectivity index (χ2n) is 5.69. The summed E-state index contributed by atoms with van der Waals surface area (Å²) in [7, 11) is -1.89. The SMILES string of the molecule is CCOC(=O)CSc1ccc(S(=O)(=O)N2CCN(C)CC2)cc1[N+](=O)[O-]. The van der Waals surface area contributed by atoms with Gasteiger partial charge in [0.1, 0.15) is 0 Å². The van der Waals surface area contributed by atoms with Crippen molar-refractivity contribution in [3.8, 4) is 0 Å². The summed E-state index contributed by atoms with van der Waals surface area (Å²) < 4.78 is 31.6. The largest absolute Gasteiger partial charge is 0.465 e. The number of nitrogens with zero attached hydrogens (tertiary/aromatic N) is 3. The summed E-state index contributed by atoms with van der Waals surface area (Å²) in [6.45, 7) is 3.79. The molecule has 0 aliphatic carbocycles. The zero-order chi connectivity index (χ0) is 19.3. The first-order valence-corrected chi connectivity index (χ1v) is 10.4. The molecule has 0 spiro atoms. The molecule has 1 saturated heterocycles. The molecule has 1 aliphatic heterocycles. The number of ether oxygens (including phenoxy) is 1. The van der Waals surface area contributed by atoms with Crippen LogP contribution >= 0.6 is 11.8 Å². The minimum absolute atomic E-state index is 0.0841. The zero-order valence-corrected chi connectivity index (χ0v) is 16.2. The molecule has 26 heavy (non-hydrogen) atoms. The van der Waals surface area contributed by atoms with Crippen LogP contribution in [0, 0.1) is 10.1 Å². The van der Waals surface area contributed by atoms with Crippen LogP contribution in [0.4, 0.5) is 5.69 Å². The molecule has 0 aromatic heterocycles. The summed E-state index contributed by atoms with van der Waals surface area (Å²) in [5.74, 6) is -0.569. The highest BCUT2D eigenvalue weighted by Gasteiger charge is 2.29. The van der Waals surface area contributed by atoms with Crippen LogP contribution in [0.5, 0.6) is 0 Å². The quantitative estimate of drug-likeness (QED) is 0.289. The van der Waals surface area contributed by atoms with Gasteiger partial charge in [-0.05, 0) is 26.1 Å². The lowest BCUT2D eigenvalue weighted by Crippen LogP contribution is -2.47. The summed E-state index contributed by atoms with van der Waals surface area (Å²) >= 11 is 0.947. The molecule has 0 atom stereocenters. The number of sulfonamides is 1. The Morgan fingerprint density at radius 1 is 1.31 bits per heavy atom. The van der Waals surface area contributed by atoms with Crippen LogP contribution in [0.1, 0.15) is 6.92 Å². The summed E-state index contributed by atoms with van der Waals surface area (Å²) in [4.78, 5) is 24.3. The van der Waals surface area contributed by atoms with Crippen molar-refractivity contribution in [2.45, 2.75) is 16.7 Å². The fraction of sp³-hybridized carbons (Fsp3) is 0.533. The molecule has 1 heterocycles. The van der Waals surface area contributed by atoms with E-state index in [-0.39, 0.29) is 27.8 Å². The average Bonchev–Trinajstić information content (AvgIpc) is 2.60. The van der Waals surface area contributed by atoms with Crippen molar-refractivity contribution in [3.63, 3.8) is 0 Å². The zero-order valence-electron chi connectivity index (χ0n) is 14.6. The third-order valence-electron chi connectivity index (χ3n) is 3.88. The molecule has 144 valence electrons. The molecule has 1 aromatic carbocycles. The minimum Gasteiger partial charge on any atom is -0.465 e. The predicted octanol–water partition coefficient (Wildman–Crippen LogP) is 1.19. The number of carbonyl (C=O) groups is 1. The first-order valence-electron chi connectivity index (χ1n) is 8.01. The van der Waals surface area contributed by atoms with E-state index in [1.54, 1.807) is 6.92 Å². The number of nitro groups is 1. The Kier molecular flexibility index (Phi) is 6.98. The molecule has 0 amide bonds. The monoisotopic (exact) mass is 403 g/mol. The van der Waals surface area contributed by atoms with Crippen molar-refractivity contribution < 1.29 is 22.9 Å². The van der Waals surface area contributed by atoms with Gasteiger partial charge in [-0.2, -0.15) is 4.31 Å². The van der Waals surface area contributed by atoms with E-state index in [1.165, 1.54) is 16.4 Å². The Morgan fingerprint density at radius 3 is 2.54 bits per heavy atom. The number of benzene rings is 1. The maximum absolute atomic E-state index is 12.7. The minimum atomic E-state index is -3.80. The van der Waals surface area contributed by atoms with Gasteiger partial charge in [0.25, 0.3) is 5.69 Å². The van der Waals surface area contributed by atoms with Crippen LogP contribution in [0.25, 0.3) is 0 Å². The summed E-state index contributed by atoms with van der Waals surface area (Å²) in [6, 6.07) is 3.76. The van der Waals surface area contributed by atoms with Gasteiger partial charge in [-0.3, -0.25) is 14.9 Å². The van der Waals surface area contributed by atoms with Gasteiger partial charge in [-0.25, -0.2) is 8.42 Å². The van der Waals surface area contributed by atoms with Crippen molar-refractivity contribution in [1.82, 2.24) is 9.21 Å². The van der Waals surface area contributed by atoms with E-state index in [4.69, 9.17) is 4.74 Å². The van der Waals surface area contributed by atoms with Gasteiger partial charge in [0, 0.05) is 32.2 Å². The van der Waals surface area contributed by atoms with Gasteiger partial charge < -0.3 is 9.64 Å². The molecule has 9 nitrogen and oxygen atoms in total. The van der Waals surface area contributed by atoms with E-state index in [9.17, 15) is 23.3 Å². The van der Waals surface area contributed by atoms with E-state index in [0.717, 1.165) is 17.8 Å². The van der Waals surface area contributed by atoms with Crippen molar-refractivity contribution in [3.05, 3.63) is 28.3 Å². The molecule has 0 N–H and O–H groups in total. The van der Waals surface area contributed by atoms with Crippen LogP contribution in [0.2, 0.25) is 0 Å². The fourth-order valence-electron chi connectivity index (χ4n) is 2.44. The van der Waals surface area contributed by atoms with Gasteiger partial charge >= 0.3 is 5.97 Å². The highest BCUT2D eigenvalue weighted by atomic mass is 32.2. The lowest BCUT2D eigenvalue weighted by Gasteiger charge is -2.31. The van der Waals surface area contributed by atoms with E-state index in [2.05, 4.69) is 0 Å². The Labute approximate surface area is 156 Å². The van der Waals surface area contributed by atoms with E-state index < -0.39 is 20.9 Å². The Hall–Kier alpha value is -1.69. The van der Waals surface area contributed by atoms with Crippen LogP contribution in [0.3, 0.4) is 0 Å². The standard InChI is InChI=1S/C15H21N3O6S2/c1-3-24-15(19)11-25-14-5-4-12(10-13(14)18(20)21)26(22,23)17-8-6-16(2)7-9-17/h4-5,10H,3,6-9,11H2,1-2H3. The maximum Gasteiger partial charge on any atom is 0.316 e. The number of likely N-dealkylation sites (N-methyl/N-ethyl adjacent to an activating group) is 1. The summed E-state index contributed by atoms with van der Waals surface area (Å²) in [6.07, 6.45) is 0. The van der Waals surface area contributed by atoms with Gasteiger partial charge in [-0.1, -0.05) is 0 Å². The third-order valence-corrected chi connectivity index (χ3v) is 6.81. The predicted molar refractivity (Wildman–Crippen MR) is 96.7 cm³/mol. The maximum atomic E-state index is 12.7. The van der Waals surface area contributed by atoms with Crippen molar-refractivity contribution in [2.75, 3.05) is 45.6 Å². The molecule has 0 radical (unpaired) electrons. The molecule has 1 aliphatic rings. The van der Waals surface area contributed by atoms with Crippen LogP contribution in [0.15, 0.2) is 28.0 Å². The Morgan fingerprint density at radius 2 is 1.96 bits per heavy atom. The highest BCUT2D eigenvalue weighted by molar-refractivity contribution is 8.00. The molecule has 1 fully saturated rings. The third kappa shape index (κ3) is 4.93. The number of esters is 1. The van der Waals surface area contributed by atoms with Crippen molar-refractivity contribution in [1.29, 1.82) is 0 Å². The lowest BCUT2D eigenvalue weighted by molar-refractivity contribution is -0.388. The first-order chi connectivity index (χ1) is 12.3. The van der Waals surface area contributed by atoms with Crippen molar-refractivity contribution >= 4 is 33.4 Å². The molecule has 11 heteroatoms. The molecular weight excluding hydrogens is 382 g/mol. The van der Waals surface area contributed by atoms with Crippen molar-refractivity contribution in [2.24, 2.45) is 0 Å². The number of nitro benzene ring substituents is 1. The number of piperazine rings is 1. The topological polar surface area (TPSA) is 110 Å². The smallest absolute Gasteiger partial charge is 0.316 e. The number of rotatable bonds is 7. The molecule has 1 aromatic rings. The van der Waals surface area contributed by atoms with E-state index in [0.29, 0.717) is 26.2 Å². The number of hydrogen-bond donors (Lipinski definition) is 0. The van der Waals surface area contributed by atoms with Gasteiger partial charge in [-0.15, -0.1) is 11.8 Å². The number of thioether (sulfide) groups is 1. The van der Waals surface area contributed by atoms with Crippen LogP contribution in [-0.4, -0.2) is 74.1 Å². The molecule has 2 rings (SSSR count). The molecular formula is C15H21N3O6S2. The number of hydrogen-bond acceptors (Lipinski definition) is 8. The lowest BCUT2D eigenvalue weighted by atomic mass is 10.3.